The van der Waals surface area contributed by atoms with E-state index in [1.54, 1.807) is 42.7 Å². The van der Waals surface area contributed by atoms with Crippen molar-refractivity contribution in [2.75, 3.05) is 23.1 Å². The van der Waals surface area contributed by atoms with Gasteiger partial charge in [0.05, 0.1) is 41.9 Å². The van der Waals surface area contributed by atoms with Gasteiger partial charge in [-0.2, -0.15) is 0 Å². The molecule has 5 rings (SSSR count). The van der Waals surface area contributed by atoms with Crippen molar-refractivity contribution in [2.24, 2.45) is 5.92 Å². The van der Waals surface area contributed by atoms with E-state index in [1.165, 1.54) is 17.9 Å². The maximum absolute atomic E-state index is 14.5. The first-order chi connectivity index (χ1) is 19.4. The Labute approximate surface area is 234 Å². The van der Waals surface area contributed by atoms with Crippen molar-refractivity contribution in [2.45, 2.75) is 38.6 Å². The van der Waals surface area contributed by atoms with Crippen molar-refractivity contribution < 1.29 is 18.7 Å². The molecule has 0 unspecified atom stereocenters. The van der Waals surface area contributed by atoms with Crippen molar-refractivity contribution in [1.82, 2.24) is 25.0 Å². The van der Waals surface area contributed by atoms with Gasteiger partial charge in [0.15, 0.2) is 11.6 Å². The number of carbonyl (C=O) groups is 2. The van der Waals surface area contributed by atoms with E-state index in [1.807, 2.05) is 6.92 Å². The molecule has 2 amide bonds. The van der Waals surface area contributed by atoms with Gasteiger partial charge in [-0.3, -0.25) is 10.1 Å². The van der Waals surface area contributed by atoms with Crippen LogP contribution in [-0.2, 0) is 9.53 Å². The molecule has 4 aromatic rings. The fourth-order valence-electron chi connectivity index (χ4n) is 4.68. The third-order valence-corrected chi connectivity index (χ3v) is 7.12. The molecular weight excluding hydrogens is 539 g/mol. The first kappa shape index (κ1) is 27.1. The van der Waals surface area contributed by atoms with Gasteiger partial charge in [-0.15, -0.1) is 5.10 Å². The smallest absolute Gasteiger partial charge is 0.411 e. The molecule has 2 aromatic carbocycles. The van der Waals surface area contributed by atoms with Gasteiger partial charge in [0.2, 0.25) is 5.91 Å². The molecule has 208 valence electrons. The fourth-order valence-corrected chi connectivity index (χ4v) is 4.85. The number of hydrogen-bond donors (Lipinski definition) is 4. The van der Waals surface area contributed by atoms with Crippen molar-refractivity contribution >= 4 is 40.8 Å². The van der Waals surface area contributed by atoms with E-state index < -0.39 is 11.9 Å². The van der Waals surface area contributed by atoms with E-state index in [9.17, 15) is 14.0 Å². The van der Waals surface area contributed by atoms with Crippen molar-refractivity contribution in [3.63, 3.8) is 0 Å². The summed E-state index contributed by atoms with van der Waals surface area (Å²) in [5, 5.41) is 17.2. The van der Waals surface area contributed by atoms with Crippen LogP contribution in [0.3, 0.4) is 0 Å². The lowest BCUT2D eigenvalue weighted by Gasteiger charge is -2.21. The number of hydrogen-bond acceptors (Lipinski definition) is 7. The van der Waals surface area contributed by atoms with E-state index >= 15 is 0 Å². The van der Waals surface area contributed by atoms with Gasteiger partial charge >= 0.3 is 6.09 Å². The lowest BCUT2D eigenvalue weighted by molar-refractivity contribution is -0.120. The van der Waals surface area contributed by atoms with Gasteiger partial charge in [0.25, 0.3) is 0 Å². The molecule has 13 heteroatoms. The van der Waals surface area contributed by atoms with Crippen LogP contribution in [0, 0.1) is 11.7 Å². The van der Waals surface area contributed by atoms with Crippen molar-refractivity contribution in [3.8, 4) is 16.9 Å². The average Bonchev–Trinajstić information content (AvgIpc) is 3.62. The third kappa shape index (κ3) is 5.76. The van der Waals surface area contributed by atoms with Gasteiger partial charge in [-0.05, 0) is 49.6 Å². The Morgan fingerprint density at radius 1 is 1.27 bits per heavy atom. The summed E-state index contributed by atoms with van der Waals surface area (Å²) in [5.74, 6) is 0.197. The summed E-state index contributed by atoms with van der Waals surface area (Å²) < 4.78 is 20.5. The second-order valence-electron chi connectivity index (χ2n) is 9.40. The molecule has 1 aliphatic rings. The monoisotopic (exact) mass is 566 g/mol. The lowest BCUT2D eigenvalue weighted by Crippen LogP contribution is -2.23. The summed E-state index contributed by atoms with van der Waals surface area (Å²) in [6, 6.07) is 9.58. The summed E-state index contributed by atoms with van der Waals surface area (Å²) in [7, 11) is 1.28. The number of anilines is 3. The van der Waals surface area contributed by atoms with Crippen molar-refractivity contribution in [1.29, 1.82) is 0 Å². The predicted octanol–water partition coefficient (Wildman–Crippen LogP) is 5.93. The van der Waals surface area contributed by atoms with E-state index in [0.717, 1.165) is 6.42 Å². The molecule has 0 saturated carbocycles. The zero-order valence-corrected chi connectivity index (χ0v) is 22.6. The normalized spacial score (nSPS) is 17.1. The molecule has 1 aliphatic heterocycles. The summed E-state index contributed by atoms with van der Waals surface area (Å²) in [6.45, 7) is 1.98. The number of carbonyl (C=O) groups excluding carboxylic acids is 2. The molecule has 0 radical (unpaired) electrons. The number of imidazole rings is 1. The molecule has 2 bridgehead atoms. The number of nitrogens with one attached hydrogen (secondary N) is 4. The third-order valence-electron chi connectivity index (χ3n) is 6.83. The predicted molar refractivity (Wildman–Crippen MR) is 149 cm³/mol. The highest BCUT2D eigenvalue weighted by Gasteiger charge is 2.24. The Kier molecular flexibility index (Phi) is 7.96. The van der Waals surface area contributed by atoms with Gasteiger partial charge < -0.3 is 20.4 Å². The maximum atomic E-state index is 14.5. The van der Waals surface area contributed by atoms with Gasteiger partial charge in [0, 0.05) is 17.2 Å². The molecule has 0 fully saturated rings. The zero-order valence-electron chi connectivity index (χ0n) is 21.9. The molecule has 4 N–H and O–H groups in total. The Morgan fingerprint density at radius 3 is 2.92 bits per heavy atom. The largest absolute Gasteiger partial charge is 0.453 e. The maximum Gasteiger partial charge on any atom is 0.411 e. The topological polar surface area (TPSA) is 139 Å². The molecule has 40 heavy (non-hydrogen) atoms. The van der Waals surface area contributed by atoms with Crippen LogP contribution in [0.2, 0.25) is 5.02 Å². The standard InChI is InChI=1S/C27H28ClFN8O3/c1-3-15-6-4-8-19(32-23-14-37(36-35-23)22-9-5-7-18(28)24(22)29)25-30-13-21(33-25)17-11-10-16(31-27(39)40-2)12-20(17)34-26(15)38/h5,7,9-15,19,32H,3-4,6,8H2,1-2H3,(H,30,33)(H,31,39)(H,34,38)/t15-,19-/m0/s1. The molecule has 0 aliphatic carbocycles. The summed E-state index contributed by atoms with van der Waals surface area (Å²) in [6.07, 6.45) is 5.37. The first-order valence-electron chi connectivity index (χ1n) is 12.8. The van der Waals surface area contributed by atoms with Crippen molar-refractivity contribution in [3.05, 3.63) is 65.5 Å². The molecule has 3 heterocycles. The van der Waals surface area contributed by atoms with Crippen LogP contribution in [0.5, 0.6) is 0 Å². The zero-order chi connectivity index (χ0) is 28.2. The second kappa shape index (κ2) is 11.7. The number of methoxy groups -OCH3 is 1. The highest BCUT2D eigenvalue weighted by atomic mass is 35.5. The number of rotatable bonds is 5. The van der Waals surface area contributed by atoms with Gasteiger partial charge in [-0.25, -0.2) is 18.9 Å². The number of halogens is 2. The second-order valence-corrected chi connectivity index (χ2v) is 9.81. The number of H-pyrrole nitrogens is 1. The fraction of sp³-hybridized carbons (Fsp3) is 0.296. The van der Waals surface area contributed by atoms with E-state index in [-0.39, 0.29) is 28.6 Å². The number of benzene rings is 2. The minimum atomic E-state index is -0.612. The highest BCUT2D eigenvalue weighted by Crippen LogP contribution is 2.34. The van der Waals surface area contributed by atoms with Crippen LogP contribution < -0.4 is 16.0 Å². The van der Waals surface area contributed by atoms with E-state index in [4.69, 9.17) is 16.3 Å². The molecule has 2 aromatic heterocycles. The van der Waals surface area contributed by atoms with E-state index in [2.05, 4.69) is 36.2 Å². The number of ether oxygens (including phenoxy) is 1. The number of aromatic amines is 1. The molecule has 11 nitrogen and oxygen atoms in total. The van der Waals surface area contributed by atoms with Crippen LogP contribution in [0.1, 0.15) is 44.5 Å². The molecular formula is C27H28ClFN8O3. The van der Waals surface area contributed by atoms with Crippen LogP contribution in [0.4, 0.5) is 26.4 Å². The summed E-state index contributed by atoms with van der Waals surface area (Å²) in [4.78, 5) is 32.9. The lowest BCUT2D eigenvalue weighted by atomic mass is 9.95. The Bertz CT molecular complexity index is 1540. The Hall–Kier alpha value is -4.45. The van der Waals surface area contributed by atoms with Crippen LogP contribution >= 0.6 is 11.6 Å². The number of nitrogens with zero attached hydrogens (tertiary/aromatic N) is 4. The SMILES string of the molecule is CC[C@H]1CCC[C@H](Nc2cn(-c3cccc(Cl)c3F)nn2)c2ncc([nH]2)-c2ccc(NC(=O)OC)cc2NC1=O. The van der Waals surface area contributed by atoms with Crippen LogP contribution in [0.25, 0.3) is 16.9 Å². The Morgan fingerprint density at radius 2 is 2.12 bits per heavy atom. The quantitative estimate of drug-likeness (QED) is 0.235. The minimum Gasteiger partial charge on any atom is -0.453 e. The summed E-state index contributed by atoms with van der Waals surface area (Å²) in [5.41, 5.74) is 2.58. The molecule has 0 spiro atoms. The average molecular weight is 567 g/mol. The van der Waals surface area contributed by atoms with Gasteiger partial charge in [-0.1, -0.05) is 36.2 Å². The summed E-state index contributed by atoms with van der Waals surface area (Å²) >= 11 is 5.93. The molecule has 2 atom stereocenters. The minimum absolute atomic E-state index is 0.00654. The number of fused-ring (bicyclic) bond motifs is 4. The Balaban J connectivity index is 1.47. The molecule has 0 saturated heterocycles. The van der Waals surface area contributed by atoms with Gasteiger partial charge in [0.1, 0.15) is 11.5 Å². The van der Waals surface area contributed by atoms with Crippen LogP contribution in [-0.4, -0.2) is 44.1 Å². The number of aromatic nitrogens is 5. The highest BCUT2D eigenvalue weighted by molar-refractivity contribution is 6.30. The van der Waals surface area contributed by atoms with E-state index in [0.29, 0.717) is 53.5 Å². The first-order valence-corrected chi connectivity index (χ1v) is 13.2. The van der Waals surface area contributed by atoms with Crippen LogP contribution in [0.15, 0.2) is 48.8 Å². The number of amides is 2.